The average molecular weight is 200 g/mol. The van der Waals surface area contributed by atoms with Gasteiger partial charge in [-0.3, -0.25) is 4.79 Å². The van der Waals surface area contributed by atoms with Gasteiger partial charge in [0.1, 0.15) is 6.07 Å². The molecule has 0 fully saturated rings. The van der Waals surface area contributed by atoms with Crippen molar-refractivity contribution in [2.24, 2.45) is 5.16 Å². The topological polar surface area (TPSA) is 73.4 Å². The highest BCUT2D eigenvalue weighted by atomic mass is 16.4. The van der Waals surface area contributed by atoms with Crippen LogP contribution in [0.2, 0.25) is 0 Å². The number of benzene rings is 1. The highest BCUT2D eigenvalue weighted by Gasteiger charge is 2.06. The van der Waals surface area contributed by atoms with E-state index in [0.29, 0.717) is 0 Å². The van der Waals surface area contributed by atoms with Crippen LogP contribution in [0.4, 0.5) is 0 Å². The Labute approximate surface area is 86.8 Å². The van der Waals surface area contributed by atoms with Crippen LogP contribution in [0, 0.1) is 11.3 Å². The van der Waals surface area contributed by atoms with Crippen molar-refractivity contribution >= 4 is 17.6 Å². The summed E-state index contributed by atoms with van der Waals surface area (Å²) in [6.45, 7) is 0. The van der Waals surface area contributed by atoms with Crippen LogP contribution in [0.15, 0.2) is 41.6 Å². The fourth-order valence-corrected chi connectivity index (χ4v) is 0.942. The monoisotopic (exact) mass is 200 g/mol. The van der Waals surface area contributed by atoms with Crippen LogP contribution in [0.1, 0.15) is 5.56 Å². The molecule has 0 heterocycles. The standard InChI is InChI=1S/C11H8N2O2/c12-8-10(13-15)11(14)7-6-9-4-2-1-3-5-9/h1-7,15H. The van der Waals surface area contributed by atoms with E-state index in [2.05, 4.69) is 5.16 Å². The first kappa shape index (κ1) is 10.7. The summed E-state index contributed by atoms with van der Waals surface area (Å²) in [5.41, 5.74) is 0.309. The Morgan fingerprint density at radius 2 is 2.07 bits per heavy atom. The zero-order valence-electron chi connectivity index (χ0n) is 7.79. The van der Waals surface area contributed by atoms with Crippen LogP contribution >= 0.6 is 0 Å². The summed E-state index contributed by atoms with van der Waals surface area (Å²) in [4.78, 5) is 11.2. The molecule has 4 heteroatoms. The molecule has 1 aromatic rings. The van der Waals surface area contributed by atoms with E-state index in [9.17, 15) is 4.79 Å². The minimum absolute atomic E-state index is 0.526. The third kappa shape index (κ3) is 3.08. The number of hydrogen-bond acceptors (Lipinski definition) is 4. The second-order valence-electron chi connectivity index (χ2n) is 2.67. The molecule has 0 radical (unpaired) electrons. The molecule has 0 aromatic heterocycles. The van der Waals surface area contributed by atoms with Crippen molar-refractivity contribution in [3.8, 4) is 6.07 Å². The number of nitriles is 1. The number of nitrogens with zero attached hydrogens (tertiary/aromatic N) is 2. The van der Waals surface area contributed by atoms with Crippen LogP contribution in [0.25, 0.3) is 6.08 Å². The smallest absolute Gasteiger partial charge is 0.226 e. The van der Waals surface area contributed by atoms with Crippen molar-refractivity contribution in [2.75, 3.05) is 0 Å². The number of carbonyl (C=O) groups excluding carboxylic acids is 1. The van der Waals surface area contributed by atoms with Crippen molar-refractivity contribution in [1.29, 1.82) is 5.26 Å². The zero-order chi connectivity index (χ0) is 11.1. The molecule has 15 heavy (non-hydrogen) atoms. The lowest BCUT2D eigenvalue weighted by Crippen LogP contribution is -2.07. The van der Waals surface area contributed by atoms with Crippen molar-refractivity contribution in [3.63, 3.8) is 0 Å². The van der Waals surface area contributed by atoms with E-state index >= 15 is 0 Å². The Morgan fingerprint density at radius 3 is 2.60 bits per heavy atom. The molecule has 0 saturated heterocycles. The molecule has 0 saturated carbocycles. The summed E-state index contributed by atoms with van der Waals surface area (Å²) in [6, 6.07) is 10.6. The molecule has 4 nitrogen and oxygen atoms in total. The van der Waals surface area contributed by atoms with E-state index in [0.717, 1.165) is 5.56 Å². The minimum Gasteiger partial charge on any atom is -0.410 e. The lowest BCUT2D eigenvalue weighted by molar-refractivity contribution is -0.108. The first-order valence-electron chi connectivity index (χ1n) is 4.17. The van der Waals surface area contributed by atoms with Crippen LogP contribution < -0.4 is 0 Å². The maximum absolute atomic E-state index is 11.2. The van der Waals surface area contributed by atoms with Gasteiger partial charge in [-0.25, -0.2) is 0 Å². The molecule has 0 bridgehead atoms. The summed E-state index contributed by atoms with van der Waals surface area (Å²) in [6.07, 6.45) is 2.73. The van der Waals surface area contributed by atoms with Gasteiger partial charge in [-0.05, 0) is 11.6 Å². The molecular weight excluding hydrogens is 192 g/mol. The lowest BCUT2D eigenvalue weighted by Gasteiger charge is -1.90. The fraction of sp³-hybridized carbons (Fsp3) is 0. The van der Waals surface area contributed by atoms with Crippen LogP contribution in [0.3, 0.4) is 0 Å². The zero-order valence-corrected chi connectivity index (χ0v) is 7.79. The van der Waals surface area contributed by atoms with Crippen molar-refractivity contribution in [3.05, 3.63) is 42.0 Å². The van der Waals surface area contributed by atoms with Gasteiger partial charge in [0.25, 0.3) is 0 Å². The summed E-state index contributed by atoms with van der Waals surface area (Å²) in [7, 11) is 0. The SMILES string of the molecule is N#CC(=NO)C(=O)C=Cc1ccccc1. The molecule has 0 aliphatic carbocycles. The average Bonchev–Trinajstić information content (AvgIpc) is 2.29. The highest BCUT2D eigenvalue weighted by molar-refractivity contribution is 6.49. The van der Waals surface area contributed by atoms with Gasteiger partial charge in [-0.15, -0.1) is 0 Å². The van der Waals surface area contributed by atoms with Crippen molar-refractivity contribution < 1.29 is 10.0 Å². The van der Waals surface area contributed by atoms with E-state index in [1.807, 2.05) is 30.3 Å². The second-order valence-corrected chi connectivity index (χ2v) is 2.67. The van der Waals surface area contributed by atoms with Crippen LogP contribution in [-0.4, -0.2) is 16.7 Å². The number of carbonyl (C=O) groups is 1. The maximum Gasteiger partial charge on any atom is 0.226 e. The van der Waals surface area contributed by atoms with Crippen LogP contribution in [0.5, 0.6) is 0 Å². The van der Waals surface area contributed by atoms with Gasteiger partial charge in [0.2, 0.25) is 11.5 Å². The molecule has 1 rings (SSSR count). The Hall–Kier alpha value is -2.41. The quantitative estimate of drug-likeness (QED) is 0.348. The molecule has 1 aromatic carbocycles. The molecule has 0 atom stereocenters. The summed E-state index contributed by atoms with van der Waals surface area (Å²) in [5, 5.41) is 19.3. The number of hydrogen-bond donors (Lipinski definition) is 1. The van der Waals surface area contributed by atoms with Gasteiger partial charge in [-0.2, -0.15) is 5.26 Å². The van der Waals surface area contributed by atoms with E-state index < -0.39 is 11.5 Å². The molecule has 74 valence electrons. The third-order valence-corrected chi connectivity index (χ3v) is 1.67. The predicted octanol–water partition coefficient (Wildman–Crippen LogP) is 1.62. The minimum atomic E-state index is -0.621. The van der Waals surface area contributed by atoms with E-state index in [1.165, 1.54) is 12.1 Å². The Morgan fingerprint density at radius 1 is 1.40 bits per heavy atom. The van der Waals surface area contributed by atoms with Gasteiger partial charge in [0.05, 0.1) is 0 Å². The molecule has 0 unspecified atom stereocenters. The summed E-state index contributed by atoms with van der Waals surface area (Å²) >= 11 is 0. The van der Waals surface area contributed by atoms with Gasteiger partial charge in [-0.1, -0.05) is 41.6 Å². The Bertz CT molecular complexity index is 441. The largest absolute Gasteiger partial charge is 0.410 e. The normalized spacial score (nSPS) is 11.3. The van der Waals surface area contributed by atoms with Gasteiger partial charge in [0, 0.05) is 0 Å². The number of ketones is 1. The van der Waals surface area contributed by atoms with Crippen molar-refractivity contribution in [2.45, 2.75) is 0 Å². The Balaban J connectivity index is 2.76. The van der Waals surface area contributed by atoms with Gasteiger partial charge in [0.15, 0.2) is 0 Å². The van der Waals surface area contributed by atoms with Crippen molar-refractivity contribution in [1.82, 2.24) is 0 Å². The summed E-state index contributed by atoms with van der Waals surface area (Å²) in [5.74, 6) is -0.621. The molecule has 0 spiro atoms. The first-order chi connectivity index (χ1) is 7.27. The van der Waals surface area contributed by atoms with E-state index in [1.54, 1.807) is 6.08 Å². The summed E-state index contributed by atoms with van der Waals surface area (Å²) < 4.78 is 0. The number of rotatable bonds is 3. The fourth-order valence-electron chi connectivity index (χ4n) is 0.942. The molecule has 1 N–H and O–H groups in total. The number of oxime groups is 1. The second kappa shape index (κ2) is 5.35. The Kier molecular flexibility index (Phi) is 3.80. The first-order valence-corrected chi connectivity index (χ1v) is 4.17. The molecular formula is C11H8N2O2. The van der Waals surface area contributed by atoms with Gasteiger partial charge >= 0.3 is 0 Å². The maximum atomic E-state index is 11.2. The predicted molar refractivity (Wildman–Crippen MR) is 55.3 cm³/mol. The molecule has 0 amide bonds. The molecule has 0 aliphatic heterocycles. The van der Waals surface area contributed by atoms with Gasteiger partial charge < -0.3 is 5.21 Å². The van der Waals surface area contributed by atoms with Crippen LogP contribution in [-0.2, 0) is 4.79 Å². The third-order valence-electron chi connectivity index (χ3n) is 1.67. The highest BCUT2D eigenvalue weighted by Crippen LogP contribution is 2.00. The van der Waals surface area contributed by atoms with E-state index in [4.69, 9.17) is 10.5 Å². The lowest BCUT2D eigenvalue weighted by atomic mass is 10.1. The number of allylic oxidation sites excluding steroid dienone is 1. The molecule has 0 aliphatic rings. The van der Waals surface area contributed by atoms with E-state index in [-0.39, 0.29) is 0 Å².